The maximum Gasteiger partial charge on any atom is 0.268 e. The standard InChI is InChI=1S/C23H19N3O2/c27-22(25-15-18-9-6-12-24-14-18)21-13-19-10-4-5-11-20(19)23(28)26(21)16-17-7-2-1-3-8-17/h1-14H,15-16H2,(H,25,27). The van der Waals surface area contributed by atoms with Crippen LogP contribution in [0.25, 0.3) is 10.8 Å². The Balaban J connectivity index is 1.73. The third-order valence-corrected chi connectivity index (χ3v) is 4.61. The molecule has 138 valence electrons. The number of rotatable bonds is 5. The SMILES string of the molecule is O=C(NCc1cccnc1)c1cc2ccccc2c(=O)n1Cc1ccccc1. The first-order chi connectivity index (χ1) is 13.7. The molecular weight excluding hydrogens is 350 g/mol. The Morgan fingerprint density at radius 3 is 2.46 bits per heavy atom. The maximum absolute atomic E-state index is 13.1. The van der Waals surface area contributed by atoms with Crippen LogP contribution < -0.4 is 10.9 Å². The van der Waals surface area contributed by atoms with Gasteiger partial charge in [0.1, 0.15) is 5.69 Å². The molecule has 0 aliphatic rings. The number of aromatic nitrogens is 2. The number of fused-ring (bicyclic) bond motifs is 1. The van der Waals surface area contributed by atoms with Gasteiger partial charge in [-0.2, -0.15) is 0 Å². The van der Waals surface area contributed by atoms with Crippen LogP contribution in [0.1, 0.15) is 21.6 Å². The van der Waals surface area contributed by atoms with Gasteiger partial charge in [0.25, 0.3) is 11.5 Å². The van der Waals surface area contributed by atoms with Gasteiger partial charge in [-0.25, -0.2) is 0 Å². The number of nitrogens with one attached hydrogen (secondary N) is 1. The van der Waals surface area contributed by atoms with Crippen molar-refractivity contribution < 1.29 is 4.79 Å². The molecule has 5 nitrogen and oxygen atoms in total. The number of hydrogen-bond acceptors (Lipinski definition) is 3. The second-order valence-electron chi connectivity index (χ2n) is 6.54. The first-order valence-electron chi connectivity index (χ1n) is 9.06. The molecule has 0 fully saturated rings. The van der Waals surface area contributed by atoms with E-state index in [0.29, 0.717) is 24.2 Å². The zero-order valence-corrected chi connectivity index (χ0v) is 15.2. The van der Waals surface area contributed by atoms with Gasteiger partial charge in [-0.1, -0.05) is 54.6 Å². The Hall–Kier alpha value is -3.73. The Labute approximate surface area is 162 Å². The molecule has 2 aromatic carbocycles. The molecule has 28 heavy (non-hydrogen) atoms. The summed E-state index contributed by atoms with van der Waals surface area (Å²) in [6.45, 7) is 0.680. The van der Waals surface area contributed by atoms with Gasteiger partial charge in [-0.3, -0.25) is 19.1 Å². The predicted molar refractivity (Wildman–Crippen MR) is 109 cm³/mol. The lowest BCUT2D eigenvalue weighted by molar-refractivity contribution is 0.0941. The predicted octanol–water partition coefficient (Wildman–Crippen LogP) is 3.37. The van der Waals surface area contributed by atoms with Crippen LogP contribution in [0.3, 0.4) is 0 Å². The van der Waals surface area contributed by atoms with E-state index in [0.717, 1.165) is 16.5 Å². The molecule has 2 aromatic heterocycles. The van der Waals surface area contributed by atoms with E-state index in [1.165, 1.54) is 4.57 Å². The first-order valence-corrected chi connectivity index (χ1v) is 9.06. The summed E-state index contributed by atoms with van der Waals surface area (Å²) in [6.07, 6.45) is 3.39. The fraction of sp³-hybridized carbons (Fsp3) is 0.0870. The van der Waals surface area contributed by atoms with Crippen LogP contribution in [0.15, 0.2) is 90.0 Å². The third kappa shape index (κ3) is 3.69. The molecule has 0 aliphatic heterocycles. The summed E-state index contributed by atoms with van der Waals surface area (Å²) in [7, 11) is 0. The van der Waals surface area contributed by atoms with Crippen molar-refractivity contribution in [2.24, 2.45) is 0 Å². The van der Waals surface area contributed by atoms with Crippen molar-refractivity contribution in [2.75, 3.05) is 0 Å². The summed E-state index contributed by atoms with van der Waals surface area (Å²) in [5.41, 5.74) is 2.03. The van der Waals surface area contributed by atoms with Gasteiger partial charge in [0, 0.05) is 24.3 Å². The molecular formula is C23H19N3O2. The van der Waals surface area contributed by atoms with E-state index in [9.17, 15) is 9.59 Å². The number of hydrogen-bond donors (Lipinski definition) is 1. The number of carbonyl (C=O) groups excluding carboxylic acids is 1. The molecule has 0 bridgehead atoms. The molecule has 5 heteroatoms. The van der Waals surface area contributed by atoms with E-state index in [1.54, 1.807) is 24.5 Å². The minimum atomic E-state index is -0.289. The highest BCUT2D eigenvalue weighted by Crippen LogP contribution is 2.14. The summed E-state index contributed by atoms with van der Waals surface area (Å²) < 4.78 is 1.54. The van der Waals surface area contributed by atoms with Gasteiger partial charge in [0.05, 0.1) is 6.54 Å². The Morgan fingerprint density at radius 1 is 0.929 bits per heavy atom. The average Bonchev–Trinajstić information content (AvgIpc) is 2.75. The van der Waals surface area contributed by atoms with Crippen LogP contribution in [-0.4, -0.2) is 15.5 Å². The quantitative estimate of drug-likeness (QED) is 0.587. The number of amides is 1. The highest BCUT2D eigenvalue weighted by Gasteiger charge is 2.16. The van der Waals surface area contributed by atoms with Crippen LogP contribution in [0.2, 0.25) is 0 Å². The van der Waals surface area contributed by atoms with Crippen LogP contribution in [0, 0.1) is 0 Å². The van der Waals surface area contributed by atoms with Crippen molar-refractivity contribution in [1.29, 1.82) is 0 Å². The zero-order chi connectivity index (χ0) is 19.3. The van der Waals surface area contributed by atoms with E-state index in [1.807, 2.05) is 60.7 Å². The third-order valence-electron chi connectivity index (χ3n) is 4.61. The highest BCUT2D eigenvalue weighted by molar-refractivity contribution is 5.96. The van der Waals surface area contributed by atoms with Gasteiger partial charge in [0.15, 0.2) is 0 Å². The van der Waals surface area contributed by atoms with Crippen molar-refractivity contribution in [2.45, 2.75) is 13.1 Å². The molecule has 1 amide bonds. The molecule has 4 rings (SSSR count). The van der Waals surface area contributed by atoms with E-state index in [-0.39, 0.29) is 11.5 Å². The second kappa shape index (κ2) is 7.88. The van der Waals surface area contributed by atoms with E-state index < -0.39 is 0 Å². The smallest absolute Gasteiger partial charge is 0.268 e. The number of pyridine rings is 2. The van der Waals surface area contributed by atoms with E-state index in [4.69, 9.17) is 0 Å². The van der Waals surface area contributed by atoms with Gasteiger partial charge in [-0.05, 0) is 34.7 Å². The molecule has 0 saturated heterocycles. The minimum Gasteiger partial charge on any atom is -0.347 e. The number of benzene rings is 2. The topological polar surface area (TPSA) is 64.0 Å². The molecule has 0 aliphatic carbocycles. The maximum atomic E-state index is 13.1. The van der Waals surface area contributed by atoms with Crippen LogP contribution >= 0.6 is 0 Å². The van der Waals surface area contributed by atoms with Gasteiger partial charge in [-0.15, -0.1) is 0 Å². The number of nitrogens with zero attached hydrogens (tertiary/aromatic N) is 2. The van der Waals surface area contributed by atoms with E-state index >= 15 is 0 Å². The molecule has 0 atom stereocenters. The first kappa shape index (κ1) is 17.7. The Morgan fingerprint density at radius 2 is 1.68 bits per heavy atom. The summed E-state index contributed by atoms with van der Waals surface area (Å²) >= 11 is 0. The average molecular weight is 369 g/mol. The Kier molecular flexibility index (Phi) is 4.97. The summed E-state index contributed by atoms with van der Waals surface area (Å²) in [6, 6.07) is 22.5. The summed E-state index contributed by atoms with van der Waals surface area (Å²) in [4.78, 5) is 30.1. The van der Waals surface area contributed by atoms with Crippen molar-refractivity contribution >= 4 is 16.7 Å². The van der Waals surface area contributed by atoms with Gasteiger partial charge >= 0.3 is 0 Å². The van der Waals surface area contributed by atoms with Crippen LogP contribution in [0.4, 0.5) is 0 Å². The monoisotopic (exact) mass is 369 g/mol. The van der Waals surface area contributed by atoms with Crippen molar-refractivity contribution in [3.8, 4) is 0 Å². The normalized spacial score (nSPS) is 10.7. The second-order valence-corrected chi connectivity index (χ2v) is 6.54. The van der Waals surface area contributed by atoms with Crippen molar-refractivity contribution in [3.63, 3.8) is 0 Å². The fourth-order valence-electron chi connectivity index (χ4n) is 3.18. The molecule has 2 heterocycles. The Bertz CT molecular complexity index is 1170. The van der Waals surface area contributed by atoms with Crippen molar-refractivity contribution in [1.82, 2.24) is 14.9 Å². The lowest BCUT2D eigenvalue weighted by atomic mass is 10.1. The minimum absolute atomic E-state index is 0.173. The number of carbonyl (C=O) groups is 1. The zero-order valence-electron chi connectivity index (χ0n) is 15.2. The van der Waals surface area contributed by atoms with Gasteiger partial charge in [0.2, 0.25) is 0 Å². The lowest BCUT2D eigenvalue weighted by Gasteiger charge is -2.15. The van der Waals surface area contributed by atoms with E-state index in [2.05, 4.69) is 10.3 Å². The fourth-order valence-corrected chi connectivity index (χ4v) is 3.18. The molecule has 0 saturated carbocycles. The van der Waals surface area contributed by atoms with Crippen LogP contribution in [-0.2, 0) is 13.1 Å². The molecule has 1 N–H and O–H groups in total. The lowest BCUT2D eigenvalue weighted by Crippen LogP contribution is -2.32. The highest BCUT2D eigenvalue weighted by atomic mass is 16.2. The molecule has 4 aromatic rings. The summed E-state index contributed by atoms with van der Waals surface area (Å²) in [5.74, 6) is -0.289. The largest absolute Gasteiger partial charge is 0.347 e. The molecule has 0 unspecified atom stereocenters. The molecule has 0 radical (unpaired) electrons. The van der Waals surface area contributed by atoms with Gasteiger partial charge < -0.3 is 5.32 Å². The van der Waals surface area contributed by atoms with Crippen LogP contribution in [0.5, 0.6) is 0 Å². The summed E-state index contributed by atoms with van der Waals surface area (Å²) in [5, 5.41) is 4.25. The van der Waals surface area contributed by atoms with Crippen molar-refractivity contribution in [3.05, 3.63) is 112 Å². The molecule has 0 spiro atoms.